The van der Waals surface area contributed by atoms with Gasteiger partial charge in [-0.1, -0.05) is 23.7 Å². The van der Waals surface area contributed by atoms with E-state index in [4.69, 9.17) is 16.7 Å². The van der Waals surface area contributed by atoms with E-state index in [1.807, 2.05) is 0 Å². The van der Waals surface area contributed by atoms with Crippen molar-refractivity contribution in [2.75, 3.05) is 0 Å². The number of nitrogens with zero attached hydrogens (tertiary/aromatic N) is 2. The smallest absolute Gasteiger partial charge is 0.416 e. The van der Waals surface area contributed by atoms with Gasteiger partial charge in [-0.25, -0.2) is 4.68 Å². The number of halogens is 4. The number of aromatic nitrogens is 2. The average Bonchev–Trinajstić information content (AvgIpc) is 3.14. The highest BCUT2D eigenvalue weighted by molar-refractivity contribution is 6.30. The molecule has 3 rings (SSSR count). The Morgan fingerprint density at radius 2 is 1.88 bits per heavy atom. The van der Waals surface area contributed by atoms with Crippen LogP contribution in [-0.2, 0) is 11.0 Å². The molecule has 0 aliphatic carbocycles. The first-order valence-corrected chi connectivity index (χ1v) is 10.4. The lowest BCUT2D eigenvalue weighted by Crippen LogP contribution is -2.29. The fourth-order valence-electron chi connectivity index (χ4n) is 3.42. The zero-order valence-corrected chi connectivity index (χ0v) is 18.3. The second-order valence-corrected chi connectivity index (χ2v) is 7.90. The molecule has 174 valence electrons. The lowest BCUT2D eigenvalue weighted by atomic mass is 9.98. The summed E-state index contributed by atoms with van der Waals surface area (Å²) >= 11 is 5.91. The number of carboxylic acid groups (broad SMARTS) is 1. The van der Waals surface area contributed by atoms with Gasteiger partial charge in [-0.2, -0.15) is 18.3 Å². The molecule has 0 saturated heterocycles. The van der Waals surface area contributed by atoms with Crippen molar-refractivity contribution in [3.63, 3.8) is 0 Å². The summed E-state index contributed by atoms with van der Waals surface area (Å²) in [6.07, 6.45) is -3.00. The number of nitrogens with one attached hydrogen (secondary N) is 1. The Morgan fingerprint density at radius 3 is 2.52 bits per heavy atom. The van der Waals surface area contributed by atoms with Gasteiger partial charge >= 0.3 is 12.1 Å². The molecule has 1 aromatic heterocycles. The van der Waals surface area contributed by atoms with E-state index in [1.54, 1.807) is 35.9 Å². The topological polar surface area (TPSA) is 84.2 Å². The molecule has 0 radical (unpaired) electrons. The molecule has 2 N–H and O–H groups in total. The minimum absolute atomic E-state index is 0.156. The zero-order chi connectivity index (χ0) is 24.2. The molecule has 0 saturated carbocycles. The Hall–Kier alpha value is -3.33. The monoisotopic (exact) mass is 479 g/mol. The van der Waals surface area contributed by atoms with Crippen LogP contribution in [0.4, 0.5) is 13.2 Å². The Balaban J connectivity index is 1.86. The molecule has 1 atom stereocenters. The predicted molar refractivity (Wildman–Crippen MR) is 116 cm³/mol. The summed E-state index contributed by atoms with van der Waals surface area (Å²) in [6.45, 7) is 1.69. The second kappa shape index (κ2) is 10.1. The molecule has 0 bridgehead atoms. The largest absolute Gasteiger partial charge is 0.481 e. The van der Waals surface area contributed by atoms with Gasteiger partial charge in [0.15, 0.2) is 0 Å². The summed E-state index contributed by atoms with van der Waals surface area (Å²) in [5.41, 5.74) is 0.866. The van der Waals surface area contributed by atoms with Crippen molar-refractivity contribution >= 4 is 23.5 Å². The van der Waals surface area contributed by atoms with E-state index in [9.17, 15) is 22.8 Å². The third kappa shape index (κ3) is 6.13. The number of rotatable bonds is 8. The minimum atomic E-state index is -4.54. The van der Waals surface area contributed by atoms with Crippen molar-refractivity contribution in [3.8, 4) is 5.69 Å². The third-order valence-electron chi connectivity index (χ3n) is 5.13. The van der Waals surface area contributed by atoms with Crippen molar-refractivity contribution in [2.45, 2.75) is 38.4 Å². The summed E-state index contributed by atoms with van der Waals surface area (Å²) in [7, 11) is 0. The van der Waals surface area contributed by atoms with Crippen LogP contribution in [0.2, 0.25) is 5.02 Å². The summed E-state index contributed by atoms with van der Waals surface area (Å²) in [5, 5.41) is 16.4. The number of alkyl halides is 3. The summed E-state index contributed by atoms with van der Waals surface area (Å²) in [5.74, 6) is -1.55. The van der Waals surface area contributed by atoms with Gasteiger partial charge in [0, 0.05) is 11.4 Å². The molecule has 0 aliphatic rings. The van der Waals surface area contributed by atoms with Crippen LogP contribution < -0.4 is 5.32 Å². The number of carbonyl (C=O) groups is 2. The van der Waals surface area contributed by atoms with Crippen molar-refractivity contribution in [1.29, 1.82) is 0 Å². The second-order valence-electron chi connectivity index (χ2n) is 7.47. The molecule has 0 fully saturated rings. The highest BCUT2D eigenvalue weighted by atomic mass is 35.5. The van der Waals surface area contributed by atoms with Gasteiger partial charge in [-0.3, -0.25) is 9.59 Å². The Bertz CT molecular complexity index is 1140. The Labute approximate surface area is 193 Å². The normalized spacial score (nSPS) is 12.4. The number of benzene rings is 2. The lowest BCUT2D eigenvalue weighted by molar-refractivity contribution is -0.138. The molecule has 0 spiro atoms. The number of hydrogen-bond acceptors (Lipinski definition) is 3. The molecule has 33 heavy (non-hydrogen) atoms. The molecule has 2 aromatic carbocycles. The van der Waals surface area contributed by atoms with Crippen molar-refractivity contribution < 1.29 is 27.9 Å². The van der Waals surface area contributed by atoms with E-state index in [0.717, 1.165) is 12.1 Å². The SMILES string of the molecule is Cc1c(C(=O)NC(CCCC(=O)O)c2cccc(C(F)(F)F)c2)cnn1-c1ccc(Cl)cc1. The first-order chi connectivity index (χ1) is 15.6. The van der Waals surface area contributed by atoms with Gasteiger partial charge in [0.1, 0.15) is 0 Å². The van der Waals surface area contributed by atoms with Crippen molar-refractivity contribution in [2.24, 2.45) is 0 Å². The van der Waals surface area contributed by atoms with Crippen LogP contribution in [-0.4, -0.2) is 26.8 Å². The van der Waals surface area contributed by atoms with E-state index in [-0.39, 0.29) is 30.4 Å². The number of amides is 1. The molecule has 0 aliphatic heterocycles. The van der Waals surface area contributed by atoms with Crippen molar-refractivity contribution in [1.82, 2.24) is 15.1 Å². The van der Waals surface area contributed by atoms with E-state index < -0.39 is 29.7 Å². The average molecular weight is 480 g/mol. The number of hydrogen-bond donors (Lipinski definition) is 2. The van der Waals surface area contributed by atoms with Crippen LogP contribution in [0.25, 0.3) is 5.69 Å². The fourth-order valence-corrected chi connectivity index (χ4v) is 3.55. The quantitative estimate of drug-likeness (QED) is 0.442. The van der Waals surface area contributed by atoms with Crippen LogP contribution in [0.1, 0.15) is 52.5 Å². The number of aliphatic carboxylic acids is 1. The molecular weight excluding hydrogens is 459 g/mol. The number of carbonyl (C=O) groups excluding carboxylic acids is 1. The molecule has 10 heteroatoms. The summed E-state index contributed by atoms with van der Waals surface area (Å²) < 4.78 is 41.1. The molecule has 1 heterocycles. The maximum absolute atomic E-state index is 13.2. The molecular formula is C23H21ClF3N3O3. The van der Waals surface area contributed by atoms with Gasteiger partial charge in [0.05, 0.1) is 34.7 Å². The summed E-state index contributed by atoms with van der Waals surface area (Å²) in [4.78, 5) is 23.9. The van der Waals surface area contributed by atoms with E-state index in [0.29, 0.717) is 16.4 Å². The highest BCUT2D eigenvalue weighted by Gasteiger charge is 2.31. The van der Waals surface area contributed by atoms with Crippen molar-refractivity contribution in [3.05, 3.63) is 82.1 Å². The van der Waals surface area contributed by atoms with Gasteiger partial charge in [-0.05, 0) is 61.7 Å². The minimum Gasteiger partial charge on any atom is -0.481 e. The Kier molecular flexibility index (Phi) is 7.43. The molecule has 1 amide bonds. The molecule has 1 unspecified atom stereocenters. The van der Waals surface area contributed by atoms with Crippen LogP contribution in [0.3, 0.4) is 0 Å². The van der Waals surface area contributed by atoms with Crippen LogP contribution >= 0.6 is 11.6 Å². The third-order valence-corrected chi connectivity index (χ3v) is 5.38. The lowest BCUT2D eigenvalue weighted by Gasteiger charge is -2.20. The standard InChI is InChI=1S/C23H21ClF3N3O3/c1-14-19(13-28-30(14)18-10-8-17(24)9-11-18)22(33)29-20(6-3-7-21(31)32)15-4-2-5-16(12-15)23(25,26)27/h2,4-5,8-13,20H,3,6-7H2,1H3,(H,29,33)(H,31,32). The highest BCUT2D eigenvalue weighted by Crippen LogP contribution is 2.32. The maximum Gasteiger partial charge on any atom is 0.416 e. The van der Waals surface area contributed by atoms with Gasteiger partial charge in [-0.15, -0.1) is 0 Å². The van der Waals surface area contributed by atoms with Gasteiger partial charge < -0.3 is 10.4 Å². The van der Waals surface area contributed by atoms with Crippen LogP contribution in [0.15, 0.2) is 54.7 Å². The molecule has 6 nitrogen and oxygen atoms in total. The van der Waals surface area contributed by atoms with Gasteiger partial charge in [0.25, 0.3) is 5.91 Å². The van der Waals surface area contributed by atoms with Crippen LogP contribution in [0.5, 0.6) is 0 Å². The predicted octanol–water partition coefficient (Wildman–Crippen LogP) is 5.58. The zero-order valence-electron chi connectivity index (χ0n) is 17.6. The molecule has 3 aromatic rings. The first-order valence-electron chi connectivity index (χ1n) is 10.1. The maximum atomic E-state index is 13.2. The Morgan fingerprint density at radius 1 is 1.18 bits per heavy atom. The van der Waals surface area contributed by atoms with Gasteiger partial charge in [0.2, 0.25) is 0 Å². The first kappa shape index (κ1) is 24.3. The summed E-state index contributed by atoms with van der Waals surface area (Å²) in [6, 6.07) is 10.7. The number of carboxylic acids is 1. The van der Waals surface area contributed by atoms with E-state index in [1.165, 1.54) is 18.3 Å². The van der Waals surface area contributed by atoms with Crippen LogP contribution in [0, 0.1) is 6.92 Å². The van der Waals surface area contributed by atoms with E-state index in [2.05, 4.69) is 10.4 Å². The fraction of sp³-hybridized carbons (Fsp3) is 0.261. The van der Waals surface area contributed by atoms with E-state index >= 15 is 0 Å².